The van der Waals surface area contributed by atoms with Gasteiger partial charge in [-0.2, -0.15) is 4.40 Å². The summed E-state index contributed by atoms with van der Waals surface area (Å²) in [6, 6.07) is 17.9. The van der Waals surface area contributed by atoms with Crippen molar-refractivity contribution in [2.24, 2.45) is 7.05 Å². The largest absolute Gasteiger partial charge is 0.297 e. The molecule has 2 aromatic carbocycles. The minimum absolute atomic E-state index is 0.651. The van der Waals surface area contributed by atoms with Crippen molar-refractivity contribution in [1.82, 2.24) is 9.38 Å². The maximum atomic E-state index is 5.13. The molecule has 1 aliphatic rings. The molecule has 3 heteroatoms. The Balaban J connectivity index is 1.96. The van der Waals surface area contributed by atoms with Crippen molar-refractivity contribution in [3.05, 3.63) is 65.4 Å². The number of para-hydroxylation sites is 2. The summed E-state index contributed by atoms with van der Waals surface area (Å²) in [5, 5.41) is 2.64. The molecule has 1 saturated carbocycles. The molecule has 1 fully saturated rings. The summed E-state index contributed by atoms with van der Waals surface area (Å²) in [5.74, 6) is 0.651. The third-order valence-corrected chi connectivity index (χ3v) is 6.93. The number of hydrogen-bond acceptors (Lipinski definition) is 1. The van der Waals surface area contributed by atoms with E-state index in [2.05, 4.69) is 78.4 Å². The molecule has 0 bridgehead atoms. The molecular weight excluding hydrogens is 354 g/mol. The Labute approximate surface area is 170 Å². The van der Waals surface area contributed by atoms with Crippen LogP contribution in [-0.4, -0.2) is 9.38 Å². The number of fused-ring (bicyclic) bond motifs is 8. The SMILES string of the molecule is Cc1cc(C)c2c(n1)c1c(C3CCCC3)cccc1n1c3ccccc3[n+](C)c21. The first-order chi connectivity index (χ1) is 14.1. The van der Waals surface area contributed by atoms with Crippen LogP contribution in [0.15, 0.2) is 48.5 Å². The fourth-order valence-corrected chi connectivity index (χ4v) is 5.72. The first-order valence-electron chi connectivity index (χ1n) is 10.8. The van der Waals surface area contributed by atoms with Crippen molar-refractivity contribution >= 4 is 38.5 Å². The molecule has 0 spiro atoms. The normalized spacial score (nSPS) is 15.4. The van der Waals surface area contributed by atoms with E-state index >= 15 is 0 Å². The van der Waals surface area contributed by atoms with E-state index in [0.717, 1.165) is 5.69 Å². The van der Waals surface area contributed by atoms with E-state index < -0.39 is 0 Å². The Morgan fingerprint density at radius 3 is 2.52 bits per heavy atom. The van der Waals surface area contributed by atoms with Crippen molar-refractivity contribution in [1.29, 1.82) is 0 Å². The van der Waals surface area contributed by atoms with Crippen molar-refractivity contribution in [2.45, 2.75) is 45.4 Å². The highest BCUT2D eigenvalue weighted by atomic mass is 15.1. The van der Waals surface area contributed by atoms with Gasteiger partial charge in [0.05, 0.1) is 23.3 Å². The van der Waals surface area contributed by atoms with Crippen molar-refractivity contribution in [3.8, 4) is 0 Å². The van der Waals surface area contributed by atoms with Crippen LogP contribution in [0.1, 0.15) is 48.4 Å². The highest BCUT2D eigenvalue weighted by Gasteiger charge is 2.28. The van der Waals surface area contributed by atoms with Crippen molar-refractivity contribution in [3.63, 3.8) is 0 Å². The van der Waals surface area contributed by atoms with Crippen LogP contribution >= 0.6 is 0 Å². The summed E-state index contributed by atoms with van der Waals surface area (Å²) in [4.78, 5) is 5.13. The number of benzene rings is 2. The van der Waals surface area contributed by atoms with E-state index in [1.54, 1.807) is 0 Å². The van der Waals surface area contributed by atoms with Crippen LogP contribution in [0.3, 0.4) is 0 Å². The van der Waals surface area contributed by atoms with Gasteiger partial charge in [-0.3, -0.25) is 4.98 Å². The van der Waals surface area contributed by atoms with Gasteiger partial charge in [-0.25, -0.2) is 4.57 Å². The van der Waals surface area contributed by atoms with Gasteiger partial charge < -0.3 is 0 Å². The highest BCUT2D eigenvalue weighted by Crippen LogP contribution is 2.41. The summed E-state index contributed by atoms with van der Waals surface area (Å²) >= 11 is 0. The van der Waals surface area contributed by atoms with Gasteiger partial charge >= 0.3 is 0 Å². The lowest BCUT2D eigenvalue weighted by atomic mass is 9.92. The minimum atomic E-state index is 0.651. The third-order valence-electron chi connectivity index (χ3n) is 6.93. The quantitative estimate of drug-likeness (QED) is 0.262. The van der Waals surface area contributed by atoms with Crippen LogP contribution in [0.2, 0.25) is 0 Å². The van der Waals surface area contributed by atoms with Crippen LogP contribution in [0.4, 0.5) is 0 Å². The summed E-state index contributed by atoms with van der Waals surface area (Å²) < 4.78 is 4.80. The van der Waals surface area contributed by atoms with Gasteiger partial charge in [0, 0.05) is 5.69 Å². The van der Waals surface area contributed by atoms with Crippen molar-refractivity contribution in [2.75, 3.05) is 0 Å². The molecule has 3 nitrogen and oxygen atoms in total. The molecule has 0 N–H and O–H groups in total. The molecule has 0 atom stereocenters. The number of nitrogens with zero attached hydrogens (tertiary/aromatic N) is 3. The lowest BCUT2D eigenvalue weighted by Crippen LogP contribution is -2.27. The number of pyridine rings is 2. The maximum Gasteiger partial charge on any atom is 0.297 e. The predicted molar refractivity (Wildman–Crippen MR) is 120 cm³/mol. The van der Waals surface area contributed by atoms with Gasteiger partial charge in [0.15, 0.2) is 11.0 Å². The minimum Gasteiger partial charge on any atom is -0.252 e. The molecule has 29 heavy (non-hydrogen) atoms. The average molecular weight is 381 g/mol. The van der Waals surface area contributed by atoms with Crippen LogP contribution in [-0.2, 0) is 7.05 Å². The molecule has 0 aliphatic heterocycles. The van der Waals surface area contributed by atoms with E-state index in [4.69, 9.17) is 4.98 Å². The fraction of sp³-hybridized carbons (Fsp3) is 0.308. The van der Waals surface area contributed by atoms with Gasteiger partial charge in [0.25, 0.3) is 5.65 Å². The topological polar surface area (TPSA) is 21.2 Å². The van der Waals surface area contributed by atoms with E-state index in [1.165, 1.54) is 75.3 Å². The van der Waals surface area contributed by atoms with Gasteiger partial charge in [0.2, 0.25) is 0 Å². The Morgan fingerprint density at radius 2 is 1.69 bits per heavy atom. The van der Waals surface area contributed by atoms with E-state index in [-0.39, 0.29) is 0 Å². The molecule has 0 amide bonds. The van der Waals surface area contributed by atoms with Gasteiger partial charge in [-0.15, -0.1) is 0 Å². The third kappa shape index (κ3) is 2.24. The molecule has 3 heterocycles. The predicted octanol–water partition coefficient (Wildman–Crippen LogP) is 5.89. The van der Waals surface area contributed by atoms with Crippen LogP contribution in [0, 0.1) is 13.8 Å². The van der Waals surface area contributed by atoms with Crippen molar-refractivity contribution < 1.29 is 4.57 Å². The molecule has 6 rings (SSSR count). The monoisotopic (exact) mass is 380 g/mol. The highest BCUT2D eigenvalue weighted by molar-refractivity contribution is 6.13. The zero-order chi connectivity index (χ0) is 19.7. The second-order valence-electron chi connectivity index (χ2n) is 8.73. The fourth-order valence-electron chi connectivity index (χ4n) is 5.72. The average Bonchev–Trinajstić information content (AvgIpc) is 3.35. The molecule has 144 valence electrons. The zero-order valence-electron chi connectivity index (χ0n) is 17.4. The van der Waals surface area contributed by atoms with Gasteiger partial charge in [-0.1, -0.05) is 37.1 Å². The first kappa shape index (κ1) is 17.0. The van der Waals surface area contributed by atoms with Gasteiger partial charge in [-0.05, 0) is 68.0 Å². The molecule has 1 aliphatic carbocycles. The molecule has 0 saturated heterocycles. The number of aryl methyl sites for hydroxylation is 3. The summed E-state index contributed by atoms with van der Waals surface area (Å²) in [6.07, 6.45) is 5.27. The van der Waals surface area contributed by atoms with Crippen LogP contribution in [0.25, 0.3) is 38.5 Å². The zero-order valence-corrected chi connectivity index (χ0v) is 17.4. The second kappa shape index (κ2) is 6.03. The summed E-state index contributed by atoms with van der Waals surface area (Å²) in [7, 11) is 2.18. The van der Waals surface area contributed by atoms with E-state index in [0.29, 0.717) is 5.92 Å². The Hall–Kier alpha value is -2.94. The lowest BCUT2D eigenvalue weighted by molar-refractivity contribution is -0.617. The van der Waals surface area contributed by atoms with Crippen LogP contribution in [0.5, 0.6) is 0 Å². The molecular formula is C26H26N3+. The molecule has 0 radical (unpaired) electrons. The molecule has 0 unspecified atom stereocenters. The molecule has 5 aromatic rings. The Morgan fingerprint density at radius 1 is 0.931 bits per heavy atom. The maximum absolute atomic E-state index is 5.13. The summed E-state index contributed by atoms with van der Waals surface area (Å²) in [5.41, 5.74) is 10.1. The Bertz CT molecular complexity index is 1440. The van der Waals surface area contributed by atoms with Gasteiger partial charge in [0.1, 0.15) is 5.52 Å². The number of hydrogen-bond donors (Lipinski definition) is 0. The smallest absolute Gasteiger partial charge is 0.252 e. The number of imidazole rings is 1. The lowest BCUT2D eigenvalue weighted by Gasteiger charge is -2.15. The second-order valence-corrected chi connectivity index (χ2v) is 8.73. The van der Waals surface area contributed by atoms with Crippen LogP contribution < -0.4 is 4.57 Å². The van der Waals surface area contributed by atoms with E-state index in [1.807, 2.05) is 0 Å². The summed E-state index contributed by atoms with van der Waals surface area (Å²) in [6.45, 7) is 4.36. The first-order valence-corrected chi connectivity index (χ1v) is 10.8. The number of aromatic nitrogens is 3. The standard InChI is InChI=1S/C26H26N3/c1-16-15-17(2)27-25-23(16)26-28(3)20-12-6-7-13-21(20)29(26)22-14-8-11-19(24(22)25)18-9-4-5-10-18/h6-8,11-15,18H,4-5,9-10H2,1-3H3/q+1. The molecule has 3 aromatic heterocycles. The Kier molecular flexibility index (Phi) is 3.53. The number of rotatable bonds is 1. The van der Waals surface area contributed by atoms with E-state index in [9.17, 15) is 0 Å².